The van der Waals surface area contributed by atoms with Gasteiger partial charge in [0.2, 0.25) is 0 Å². The Balaban J connectivity index is 1.38. The third kappa shape index (κ3) is 9.14. The topological polar surface area (TPSA) is 127 Å². The maximum Gasteiger partial charge on any atom is 0.328 e. The number of ketones is 1. The Morgan fingerprint density at radius 2 is 1.51 bits per heavy atom. The van der Waals surface area contributed by atoms with Gasteiger partial charge in [-0.3, -0.25) is 9.00 Å². The van der Waals surface area contributed by atoms with Crippen molar-refractivity contribution in [3.63, 3.8) is 0 Å². The number of benzene rings is 4. The van der Waals surface area contributed by atoms with Crippen LogP contribution in [0.2, 0.25) is 0 Å². The maximum atomic E-state index is 13.7. The number of imidazole rings is 1. The molecule has 12 heteroatoms. The molecular formula is C37H38N4O5S3. The average Bonchev–Trinajstić information content (AvgIpc) is 3.47. The molecule has 0 bridgehead atoms. The molecule has 0 fully saturated rings. The molecule has 2 amide bonds. The first kappa shape index (κ1) is 35.8. The van der Waals surface area contributed by atoms with Crippen molar-refractivity contribution in [3.8, 4) is 11.1 Å². The highest BCUT2D eigenvalue weighted by atomic mass is 32.2. The van der Waals surface area contributed by atoms with Crippen LogP contribution in [-0.2, 0) is 40.3 Å². The number of sulfonamides is 1. The summed E-state index contributed by atoms with van der Waals surface area (Å²) in [5, 5.41) is 3.20. The van der Waals surface area contributed by atoms with Crippen LogP contribution in [0.4, 0.5) is 4.79 Å². The third-order valence-electron chi connectivity index (χ3n) is 7.80. The lowest BCUT2D eigenvalue weighted by Crippen LogP contribution is -2.39. The third-order valence-corrected chi connectivity index (χ3v) is 11.2. The van der Waals surface area contributed by atoms with Crippen molar-refractivity contribution in [3.05, 3.63) is 132 Å². The van der Waals surface area contributed by atoms with Crippen LogP contribution in [0.3, 0.4) is 0 Å². The zero-order valence-electron chi connectivity index (χ0n) is 27.3. The molecule has 5 aromatic rings. The first-order chi connectivity index (χ1) is 23.7. The number of aryl methyl sites for hydroxylation is 1. The SMILES string of the molecule is CCCCc1nc(SC)c(C(=O)CS(=O)c2ccccc2)n1Cc1ccc(-c2ccccc2S(=O)(=O)NC(=O)NCc2ccccc2)cc1. The van der Waals surface area contributed by atoms with Gasteiger partial charge in [0.15, 0.2) is 5.78 Å². The largest absolute Gasteiger partial charge is 0.333 e. The number of urea groups is 1. The zero-order chi connectivity index (χ0) is 34.8. The first-order valence-electron chi connectivity index (χ1n) is 15.8. The van der Waals surface area contributed by atoms with Crippen molar-refractivity contribution in [2.45, 2.75) is 54.1 Å². The number of carbonyl (C=O) groups excluding carboxylic acids is 2. The second kappa shape index (κ2) is 16.7. The van der Waals surface area contributed by atoms with Gasteiger partial charge in [0, 0.05) is 30.0 Å². The lowest BCUT2D eigenvalue weighted by atomic mass is 10.0. The van der Waals surface area contributed by atoms with E-state index in [9.17, 15) is 22.2 Å². The number of rotatable bonds is 15. The minimum atomic E-state index is -4.20. The van der Waals surface area contributed by atoms with Crippen molar-refractivity contribution in [1.29, 1.82) is 0 Å². The van der Waals surface area contributed by atoms with E-state index >= 15 is 0 Å². The standard InChI is InChI=1S/C37H38N4O5S3/c1-3-4-19-34-39-36(47-2)35(32(42)26-48(44)30-15-9-6-10-16-30)41(34)25-28-20-22-29(23-21-28)31-17-11-12-18-33(31)49(45,46)40-37(43)38-24-27-13-7-5-8-14-27/h5-18,20-23H,3-4,19,24-26H2,1-2H3,(H2,38,40,43). The molecule has 0 aliphatic heterocycles. The second-order valence-corrected chi connectivity index (χ2v) is 15.2. The van der Waals surface area contributed by atoms with E-state index in [1.165, 1.54) is 17.8 Å². The molecule has 0 saturated carbocycles. The Kier molecular flexibility index (Phi) is 12.2. The monoisotopic (exact) mass is 714 g/mol. The van der Waals surface area contributed by atoms with Gasteiger partial charge in [-0.1, -0.05) is 104 Å². The van der Waals surface area contributed by atoms with Gasteiger partial charge in [0.1, 0.15) is 16.5 Å². The molecule has 2 N–H and O–H groups in total. The van der Waals surface area contributed by atoms with Crippen molar-refractivity contribution in [2.24, 2.45) is 0 Å². The van der Waals surface area contributed by atoms with Crippen molar-refractivity contribution < 1.29 is 22.2 Å². The quantitative estimate of drug-likeness (QED) is 0.0898. The van der Waals surface area contributed by atoms with Crippen LogP contribution in [-0.4, -0.2) is 46.0 Å². The van der Waals surface area contributed by atoms with E-state index < -0.39 is 26.9 Å². The van der Waals surface area contributed by atoms with E-state index in [1.54, 1.807) is 42.5 Å². The Hall–Kier alpha value is -4.52. The van der Waals surface area contributed by atoms with E-state index in [0.29, 0.717) is 39.7 Å². The molecule has 0 spiro atoms. The summed E-state index contributed by atoms with van der Waals surface area (Å²) in [4.78, 5) is 31.6. The van der Waals surface area contributed by atoms with Crippen molar-refractivity contribution in [1.82, 2.24) is 19.6 Å². The van der Waals surface area contributed by atoms with Gasteiger partial charge in [0.05, 0.1) is 21.4 Å². The van der Waals surface area contributed by atoms with Crippen LogP contribution in [0.15, 0.2) is 124 Å². The van der Waals surface area contributed by atoms with Gasteiger partial charge in [-0.05, 0) is 47.6 Å². The predicted molar refractivity (Wildman–Crippen MR) is 195 cm³/mol. The second-order valence-electron chi connectivity index (χ2n) is 11.3. The number of nitrogens with zero attached hydrogens (tertiary/aromatic N) is 2. The summed E-state index contributed by atoms with van der Waals surface area (Å²) in [5.41, 5.74) is 3.24. The zero-order valence-corrected chi connectivity index (χ0v) is 29.7. The molecule has 1 unspecified atom stereocenters. The lowest BCUT2D eigenvalue weighted by Gasteiger charge is -2.14. The molecule has 0 aliphatic rings. The van der Waals surface area contributed by atoms with Crippen LogP contribution >= 0.6 is 11.8 Å². The summed E-state index contributed by atoms with van der Waals surface area (Å²) in [6.07, 6.45) is 4.43. The molecule has 1 heterocycles. The summed E-state index contributed by atoms with van der Waals surface area (Å²) in [7, 11) is -5.70. The van der Waals surface area contributed by atoms with E-state index in [2.05, 4.69) is 17.0 Å². The molecule has 1 atom stereocenters. The van der Waals surface area contributed by atoms with E-state index in [4.69, 9.17) is 4.98 Å². The Morgan fingerprint density at radius 3 is 2.18 bits per heavy atom. The number of aromatic nitrogens is 2. The Morgan fingerprint density at radius 1 is 0.857 bits per heavy atom. The molecule has 0 aliphatic carbocycles. The number of Topliss-reactive ketones (excluding diaryl/α,β-unsaturated/α-hetero) is 1. The van der Waals surface area contributed by atoms with Crippen LogP contribution in [0.5, 0.6) is 0 Å². The van der Waals surface area contributed by atoms with Crippen molar-refractivity contribution in [2.75, 3.05) is 12.0 Å². The van der Waals surface area contributed by atoms with Gasteiger partial charge in [-0.2, -0.15) is 0 Å². The number of amides is 2. The summed E-state index contributed by atoms with van der Waals surface area (Å²) < 4.78 is 43.8. The number of hydrogen-bond acceptors (Lipinski definition) is 7. The molecule has 9 nitrogen and oxygen atoms in total. The molecule has 5 rings (SSSR count). The summed E-state index contributed by atoms with van der Waals surface area (Å²) in [6, 6.07) is 31.3. The first-order valence-corrected chi connectivity index (χ1v) is 19.9. The van der Waals surface area contributed by atoms with Crippen LogP contribution < -0.4 is 10.0 Å². The smallest absolute Gasteiger partial charge is 0.328 e. The van der Waals surface area contributed by atoms with Gasteiger partial charge < -0.3 is 9.88 Å². The highest BCUT2D eigenvalue weighted by Gasteiger charge is 2.25. The number of nitrogens with one attached hydrogen (secondary N) is 2. The predicted octanol–water partition coefficient (Wildman–Crippen LogP) is 6.84. The van der Waals surface area contributed by atoms with Crippen molar-refractivity contribution >= 4 is 44.4 Å². The number of hydrogen-bond donors (Lipinski definition) is 2. The summed E-state index contributed by atoms with van der Waals surface area (Å²) in [5.74, 6) is 0.397. The fourth-order valence-electron chi connectivity index (χ4n) is 5.33. The molecule has 0 saturated heterocycles. The van der Waals surface area contributed by atoms with Crippen LogP contribution in [0.25, 0.3) is 11.1 Å². The lowest BCUT2D eigenvalue weighted by molar-refractivity contribution is 0.101. The fraction of sp³-hybridized carbons (Fsp3) is 0.216. The summed E-state index contributed by atoms with van der Waals surface area (Å²) in [6.45, 7) is 2.63. The minimum absolute atomic E-state index is 0.0296. The van der Waals surface area contributed by atoms with E-state index in [1.807, 2.05) is 71.5 Å². The van der Waals surface area contributed by atoms with Crippen LogP contribution in [0, 0.1) is 0 Å². The maximum absolute atomic E-state index is 13.7. The van der Waals surface area contributed by atoms with Gasteiger partial charge >= 0.3 is 6.03 Å². The van der Waals surface area contributed by atoms with Gasteiger partial charge in [0.25, 0.3) is 10.0 Å². The van der Waals surface area contributed by atoms with Crippen LogP contribution in [0.1, 0.15) is 47.2 Å². The average molecular weight is 715 g/mol. The van der Waals surface area contributed by atoms with E-state index in [0.717, 1.165) is 29.8 Å². The number of unbranched alkanes of at least 4 members (excludes halogenated alkanes) is 1. The number of thioether (sulfide) groups is 1. The molecule has 49 heavy (non-hydrogen) atoms. The highest BCUT2D eigenvalue weighted by Crippen LogP contribution is 2.29. The van der Waals surface area contributed by atoms with Gasteiger partial charge in [-0.15, -0.1) is 11.8 Å². The number of carbonyl (C=O) groups is 2. The molecule has 4 aromatic carbocycles. The normalized spacial score (nSPS) is 12.0. The molecule has 254 valence electrons. The van der Waals surface area contributed by atoms with Gasteiger partial charge in [-0.25, -0.2) is 22.9 Å². The highest BCUT2D eigenvalue weighted by molar-refractivity contribution is 7.98. The Bertz CT molecular complexity index is 2030. The molecular weight excluding hydrogens is 677 g/mol. The fourth-order valence-corrected chi connectivity index (χ4v) is 8.10. The minimum Gasteiger partial charge on any atom is -0.333 e. The van der Waals surface area contributed by atoms with E-state index in [-0.39, 0.29) is 23.0 Å². The molecule has 0 radical (unpaired) electrons. The Labute approximate surface area is 294 Å². The molecule has 1 aromatic heterocycles. The summed E-state index contributed by atoms with van der Waals surface area (Å²) >= 11 is 1.39.